The van der Waals surface area contributed by atoms with Gasteiger partial charge in [-0.25, -0.2) is 0 Å². The second-order valence-electron chi connectivity index (χ2n) is 6.55. The number of amides is 1. The van der Waals surface area contributed by atoms with E-state index in [1.807, 2.05) is 23.7 Å². The molecule has 2 heterocycles. The maximum Gasteiger partial charge on any atom is 0.234 e. The van der Waals surface area contributed by atoms with E-state index in [4.69, 9.17) is 11.6 Å². The molecule has 0 atom stereocenters. The van der Waals surface area contributed by atoms with Gasteiger partial charge < -0.3 is 14.5 Å². The van der Waals surface area contributed by atoms with Crippen molar-refractivity contribution in [2.45, 2.75) is 18.6 Å². The standard InChI is InChI=1S/C21H20ClN5OS/c1-3-27-12-17(16-6-4-5-7-18(16)27)20-24-25-21(26(20)2)29-13-19(28)23-15-10-8-14(22)9-11-15/h4-12H,3,13H2,1-2H3,(H,23,28). The summed E-state index contributed by atoms with van der Waals surface area (Å²) in [6, 6.07) is 15.3. The van der Waals surface area contributed by atoms with Gasteiger partial charge in [0, 0.05) is 47.0 Å². The van der Waals surface area contributed by atoms with Gasteiger partial charge in [0.1, 0.15) is 0 Å². The smallest absolute Gasteiger partial charge is 0.234 e. The molecule has 0 saturated heterocycles. The number of halogens is 1. The molecule has 0 saturated carbocycles. The number of aromatic nitrogens is 4. The van der Waals surface area contributed by atoms with Gasteiger partial charge in [0.25, 0.3) is 0 Å². The Morgan fingerprint density at radius 2 is 1.90 bits per heavy atom. The normalized spacial score (nSPS) is 11.1. The lowest BCUT2D eigenvalue weighted by molar-refractivity contribution is -0.113. The number of aryl methyl sites for hydroxylation is 1. The van der Waals surface area contributed by atoms with Crippen LogP contribution in [0.25, 0.3) is 22.3 Å². The summed E-state index contributed by atoms with van der Waals surface area (Å²) in [6.45, 7) is 3.00. The Morgan fingerprint density at radius 3 is 2.66 bits per heavy atom. The molecule has 0 unspecified atom stereocenters. The van der Waals surface area contributed by atoms with Crippen LogP contribution >= 0.6 is 23.4 Å². The quantitative estimate of drug-likeness (QED) is 0.449. The molecule has 0 fully saturated rings. The molecule has 0 spiro atoms. The molecule has 0 aliphatic carbocycles. The van der Waals surface area contributed by atoms with Crippen molar-refractivity contribution in [3.05, 3.63) is 59.8 Å². The Balaban J connectivity index is 1.51. The fraction of sp³-hybridized carbons (Fsp3) is 0.190. The van der Waals surface area contributed by atoms with Crippen LogP contribution in [0.5, 0.6) is 0 Å². The zero-order valence-corrected chi connectivity index (χ0v) is 17.7. The van der Waals surface area contributed by atoms with E-state index in [-0.39, 0.29) is 11.7 Å². The Labute approximate surface area is 177 Å². The number of nitrogens with one attached hydrogen (secondary N) is 1. The van der Waals surface area contributed by atoms with Crippen LogP contribution in [0.1, 0.15) is 6.92 Å². The first kappa shape index (κ1) is 19.5. The number of nitrogens with zero attached hydrogens (tertiary/aromatic N) is 4. The molecule has 148 valence electrons. The highest BCUT2D eigenvalue weighted by molar-refractivity contribution is 7.99. The van der Waals surface area contributed by atoms with Gasteiger partial charge in [-0.05, 0) is 37.3 Å². The summed E-state index contributed by atoms with van der Waals surface area (Å²) in [5.41, 5.74) is 2.92. The second kappa shape index (κ2) is 8.31. The Kier molecular flexibility index (Phi) is 5.60. The predicted molar refractivity (Wildman–Crippen MR) is 118 cm³/mol. The third-order valence-electron chi connectivity index (χ3n) is 4.67. The molecule has 29 heavy (non-hydrogen) atoms. The minimum absolute atomic E-state index is 0.107. The van der Waals surface area contributed by atoms with Crippen molar-refractivity contribution in [2.75, 3.05) is 11.1 Å². The average molecular weight is 426 g/mol. The van der Waals surface area contributed by atoms with Gasteiger partial charge in [-0.3, -0.25) is 4.79 Å². The molecule has 4 rings (SSSR count). The fourth-order valence-corrected chi connectivity index (χ4v) is 4.06. The number of para-hydroxylation sites is 1. The zero-order chi connectivity index (χ0) is 20.4. The van der Waals surface area contributed by atoms with Crippen LogP contribution in [0, 0.1) is 0 Å². The molecular formula is C21H20ClN5OS. The third-order valence-corrected chi connectivity index (χ3v) is 5.94. The monoisotopic (exact) mass is 425 g/mol. The Bertz CT molecular complexity index is 1170. The topological polar surface area (TPSA) is 64.7 Å². The third kappa shape index (κ3) is 4.02. The number of benzene rings is 2. The fourth-order valence-electron chi connectivity index (χ4n) is 3.22. The summed E-state index contributed by atoms with van der Waals surface area (Å²) >= 11 is 7.23. The lowest BCUT2D eigenvalue weighted by Crippen LogP contribution is -2.14. The Morgan fingerprint density at radius 1 is 1.14 bits per heavy atom. The number of hydrogen-bond donors (Lipinski definition) is 1. The van der Waals surface area contributed by atoms with Crippen LogP contribution in [0.15, 0.2) is 59.9 Å². The van der Waals surface area contributed by atoms with Gasteiger partial charge in [0.05, 0.1) is 5.75 Å². The van der Waals surface area contributed by atoms with Crippen molar-refractivity contribution in [3.8, 4) is 11.4 Å². The summed E-state index contributed by atoms with van der Waals surface area (Å²) in [5, 5.41) is 14.0. The van der Waals surface area contributed by atoms with Crippen LogP contribution in [0.2, 0.25) is 5.02 Å². The molecular weight excluding hydrogens is 406 g/mol. The maximum atomic E-state index is 12.3. The first-order chi connectivity index (χ1) is 14.1. The largest absolute Gasteiger partial charge is 0.347 e. The molecule has 0 bridgehead atoms. The number of carbonyl (C=O) groups excluding carboxylic acids is 1. The molecule has 6 nitrogen and oxygen atoms in total. The van der Waals surface area contributed by atoms with E-state index in [9.17, 15) is 4.79 Å². The highest BCUT2D eigenvalue weighted by atomic mass is 35.5. The van der Waals surface area contributed by atoms with Crippen molar-refractivity contribution in [2.24, 2.45) is 7.05 Å². The van der Waals surface area contributed by atoms with Gasteiger partial charge in [-0.2, -0.15) is 0 Å². The van der Waals surface area contributed by atoms with E-state index in [2.05, 4.69) is 45.3 Å². The molecule has 1 amide bonds. The number of thioether (sulfide) groups is 1. The molecule has 0 aliphatic heterocycles. The van der Waals surface area contributed by atoms with Gasteiger partial charge in [0.2, 0.25) is 5.91 Å². The molecule has 4 aromatic rings. The summed E-state index contributed by atoms with van der Waals surface area (Å²) in [7, 11) is 1.92. The number of fused-ring (bicyclic) bond motifs is 1. The summed E-state index contributed by atoms with van der Waals surface area (Å²) in [6.07, 6.45) is 2.11. The van der Waals surface area contributed by atoms with Gasteiger partial charge in [0.15, 0.2) is 11.0 Å². The molecule has 1 N–H and O–H groups in total. The van der Waals surface area contributed by atoms with Crippen LogP contribution in [0.4, 0.5) is 5.69 Å². The van der Waals surface area contributed by atoms with Crippen molar-refractivity contribution in [1.29, 1.82) is 0 Å². The van der Waals surface area contributed by atoms with Crippen molar-refractivity contribution < 1.29 is 4.79 Å². The SMILES string of the molecule is CCn1cc(-c2nnc(SCC(=O)Nc3ccc(Cl)cc3)n2C)c2ccccc21. The van der Waals surface area contributed by atoms with Crippen molar-refractivity contribution >= 4 is 45.9 Å². The highest BCUT2D eigenvalue weighted by Crippen LogP contribution is 2.31. The van der Waals surface area contributed by atoms with E-state index >= 15 is 0 Å². The lowest BCUT2D eigenvalue weighted by Gasteiger charge is -2.05. The number of anilines is 1. The molecule has 0 aliphatic rings. The van der Waals surface area contributed by atoms with Crippen LogP contribution in [0.3, 0.4) is 0 Å². The van der Waals surface area contributed by atoms with E-state index in [0.29, 0.717) is 15.9 Å². The molecule has 0 radical (unpaired) electrons. The molecule has 2 aromatic heterocycles. The van der Waals surface area contributed by atoms with E-state index in [0.717, 1.165) is 23.3 Å². The first-order valence-corrected chi connectivity index (χ1v) is 10.6. The minimum Gasteiger partial charge on any atom is -0.347 e. The average Bonchev–Trinajstić information content (AvgIpc) is 3.28. The van der Waals surface area contributed by atoms with E-state index in [1.165, 1.54) is 17.3 Å². The van der Waals surface area contributed by atoms with Gasteiger partial charge >= 0.3 is 0 Å². The highest BCUT2D eigenvalue weighted by Gasteiger charge is 2.17. The number of carbonyl (C=O) groups is 1. The Hall–Kier alpha value is -2.77. The first-order valence-electron chi connectivity index (χ1n) is 9.22. The number of rotatable bonds is 6. The van der Waals surface area contributed by atoms with Crippen LogP contribution in [-0.2, 0) is 18.4 Å². The van der Waals surface area contributed by atoms with E-state index in [1.54, 1.807) is 24.3 Å². The summed E-state index contributed by atoms with van der Waals surface area (Å²) < 4.78 is 4.13. The second-order valence-corrected chi connectivity index (χ2v) is 7.93. The van der Waals surface area contributed by atoms with Crippen molar-refractivity contribution in [3.63, 3.8) is 0 Å². The lowest BCUT2D eigenvalue weighted by atomic mass is 10.1. The van der Waals surface area contributed by atoms with Gasteiger partial charge in [-0.15, -0.1) is 10.2 Å². The molecule has 8 heteroatoms. The van der Waals surface area contributed by atoms with Crippen molar-refractivity contribution in [1.82, 2.24) is 19.3 Å². The zero-order valence-electron chi connectivity index (χ0n) is 16.1. The van der Waals surface area contributed by atoms with E-state index < -0.39 is 0 Å². The summed E-state index contributed by atoms with van der Waals surface area (Å²) in [4.78, 5) is 12.3. The van der Waals surface area contributed by atoms with Crippen LogP contribution < -0.4 is 5.32 Å². The predicted octanol–water partition coefficient (Wildman–Crippen LogP) is 4.84. The van der Waals surface area contributed by atoms with Crippen LogP contribution in [-0.4, -0.2) is 31.0 Å². The summed E-state index contributed by atoms with van der Waals surface area (Å²) in [5.74, 6) is 0.921. The maximum absolute atomic E-state index is 12.3. The number of hydrogen-bond acceptors (Lipinski definition) is 4. The minimum atomic E-state index is -0.107. The van der Waals surface area contributed by atoms with Gasteiger partial charge in [-0.1, -0.05) is 41.6 Å². The molecule has 2 aromatic carbocycles.